The molecule has 146 valence electrons. The number of rotatable bonds is 6. The van der Waals surface area contributed by atoms with Crippen LogP contribution in [0.2, 0.25) is 0 Å². The van der Waals surface area contributed by atoms with Gasteiger partial charge in [0.2, 0.25) is 0 Å². The molecule has 0 bridgehead atoms. The van der Waals surface area contributed by atoms with E-state index < -0.39 is 21.2 Å². The summed E-state index contributed by atoms with van der Waals surface area (Å²) in [6.07, 6.45) is 0. The molecule has 3 aromatic carbocycles. The summed E-state index contributed by atoms with van der Waals surface area (Å²) < 4.78 is 0. The Labute approximate surface area is 163 Å². The Balaban J connectivity index is 2.08. The lowest BCUT2D eigenvalue weighted by Gasteiger charge is -2.10. The van der Waals surface area contributed by atoms with Crippen LogP contribution in [0.25, 0.3) is 0 Å². The lowest BCUT2D eigenvalue weighted by molar-refractivity contribution is -0.393. The van der Waals surface area contributed by atoms with E-state index in [1.807, 2.05) is 0 Å². The number of hydrogen-bond donors (Lipinski definition) is 3. The largest absolute Gasteiger partial charge is 0.508 e. The second kappa shape index (κ2) is 8.05. The summed E-state index contributed by atoms with van der Waals surface area (Å²) in [6, 6.07) is 15.8. The standard InChI is InChI=1S/C19H14N4O6/c24-14-7-8-15(18(25)11-14)19(12-4-2-1-3-5-12)21-20-16-9-6-13(22(26)27)10-17(16)23(28)29/h1-11,20,24-25H/b21-19-. The van der Waals surface area contributed by atoms with E-state index in [4.69, 9.17) is 0 Å². The van der Waals surface area contributed by atoms with Crippen molar-refractivity contribution in [2.75, 3.05) is 5.43 Å². The SMILES string of the molecule is O=[N+]([O-])c1ccc(N/N=C(/c2ccccc2)c2ccc(O)cc2O)c([N+](=O)[O-])c1. The van der Waals surface area contributed by atoms with Crippen molar-refractivity contribution in [3.63, 3.8) is 0 Å². The van der Waals surface area contributed by atoms with Crippen molar-refractivity contribution in [1.82, 2.24) is 0 Å². The quantitative estimate of drug-likeness (QED) is 0.327. The van der Waals surface area contributed by atoms with Crippen molar-refractivity contribution in [3.8, 4) is 11.5 Å². The van der Waals surface area contributed by atoms with Gasteiger partial charge >= 0.3 is 5.69 Å². The van der Waals surface area contributed by atoms with Crippen LogP contribution in [0.4, 0.5) is 17.1 Å². The summed E-state index contributed by atoms with van der Waals surface area (Å²) in [5.74, 6) is -0.384. The van der Waals surface area contributed by atoms with Gasteiger partial charge in [-0.15, -0.1) is 0 Å². The highest BCUT2D eigenvalue weighted by molar-refractivity contribution is 6.14. The van der Waals surface area contributed by atoms with Crippen LogP contribution >= 0.6 is 0 Å². The highest BCUT2D eigenvalue weighted by Gasteiger charge is 2.20. The fraction of sp³-hybridized carbons (Fsp3) is 0. The second-order valence-corrected chi connectivity index (χ2v) is 5.86. The molecule has 10 nitrogen and oxygen atoms in total. The molecule has 3 rings (SSSR count). The fourth-order valence-corrected chi connectivity index (χ4v) is 2.59. The van der Waals surface area contributed by atoms with E-state index >= 15 is 0 Å². The summed E-state index contributed by atoms with van der Waals surface area (Å²) >= 11 is 0. The molecule has 10 heteroatoms. The summed E-state index contributed by atoms with van der Waals surface area (Å²) in [7, 11) is 0. The van der Waals surface area contributed by atoms with Gasteiger partial charge in [0.25, 0.3) is 5.69 Å². The summed E-state index contributed by atoms with van der Waals surface area (Å²) in [5.41, 5.74) is 2.64. The van der Waals surface area contributed by atoms with Gasteiger partial charge in [0.15, 0.2) is 0 Å². The molecular weight excluding hydrogens is 380 g/mol. The number of benzene rings is 3. The van der Waals surface area contributed by atoms with Gasteiger partial charge in [-0.1, -0.05) is 30.3 Å². The molecule has 0 heterocycles. The van der Waals surface area contributed by atoms with Gasteiger partial charge in [-0.3, -0.25) is 25.7 Å². The van der Waals surface area contributed by atoms with Crippen LogP contribution in [0.5, 0.6) is 11.5 Å². The van der Waals surface area contributed by atoms with E-state index in [0.29, 0.717) is 5.56 Å². The zero-order valence-electron chi connectivity index (χ0n) is 14.7. The number of nitrogens with one attached hydrogen (secondary N) is 1. The van der Waals surface area contributed by atoms with E-state index in [2.05, 4.69) is 10.5 Å². The summed E-state index contributed by atoms with van der Waals surface area (Å²) in [4.78, 5) is 20.7. The van der Waals surface area contributed by atoms with Crippen LogP contribution in [0, 0.1) is 20.2 Å². The third-order valence-corrected chi connectivity index (χ3v) is 3.96. The lowest BCUT2D eigenvalue weighted by atomic mass is 10.0. The van der Waals surface area contributed by atoms with Crippen molar-refractivity contribution >= 4 is 22.8 Å². The molecular formula is C19H14N4O6. The minimum Gasteiger partial charge on any atom is -0.508 e. The van der Waals surface area contributed by atoms with E-state index in [-0.39, 0.29) is 28.5 Å². The average molecular weight is 394 g/mol. The third-order valence-electron chi connectivity index (χ3n) is 3.96. The van der Waals surface area contributed by atoms with Crippen LogP contribution in [0.1, 0.15) is 11.1 Å². The maximum absolute atomic E-state index is 11.3. The first-order valence-corrected chi connectivity index (χ1v) is 8.21. The molecule has 0 unspecified atom stereocenters. The monoisotopic (exact) mass is 394 g/mol. The second-order valence-electron chi connectivity index (χ2n) is 5.86. The molecule has 0 amide bonds. The van der Waals surface area contributed by atoms with Gasteiger partial charge in [0, 0.05) is 23.3 Å². The number of anilines is 1. The van der Waals surface area contributed by atoms with Crippen LogP contribution in [-0.2, 0) is 0 Å². The van der Waals surface area contributed by atoms with Crippen LogP contribution in [0.15, 0.2) is 71.8 Å². The Kier molecular flexibility index (Phi) is 5.35. The molecule has 0 aliphatic carbocycles. The van der Waals surface area contributed by atoms with E-state index in [1.54, 1.807) is 30.3 Å². The zero-order valence-corrected chi connectivity index (χ0v) is 14.7. The molecule has 3 aromatic rings. The third kappa shape index (κ3) is 4.27. The Morgan fingerprint density at radius 2 is 1.62 bits per heavy atom. The predicted octanol–water partition coefficient (Wildman–Crippen LogP) is 3.78. The van der Waals surface area contributed by atoms with Gasteiger partial charge in [-0.05, 0) is 18.2 Å². The molecule has 0 saturated carbocycles. The number of non-ortho nitro benzene ring substituents is 1. The van der Waals surface area contributed by atoms with Crippen molar-refractivity contribution in [3.05, 3.63) is 98.1 Å². The Hall–Kier alpha value is -4.47. The van der Waals surface area contributed by atoms with Crippen molar-refractivity contribution in [2.24, 2.45) is 5.10 Å². The Morgan fingerprint density at radius 3 is 2.24 bits per heavy atom. The van der Waals surface area contributed by atoms with Gasteiger partial charge < -0.3 is 10.2 Å². The molecule has 0 saturated heterocycles. The minimum atomic E-state index is -0.759. The number of hydrogen-bond acceptors (Lipinski definition) is 8. The first-order chi connectivity index (χ1) is 13.9. The smallest absolute Gasteiger partial charge is 0.301 e. The maximum Gasteiger partial charge on any atom is 0.301 e. The topological polar surface area (TPSA) is 151 Å². The van der Waals surface area contributed by atoms with Gasteiger partial charge in [-0.2, -0.15) is 5.10 Å². The molecule has 0 radical (unpaired) electrons. The molecule has 0 aliphatic rings. The van der Waals surface area contributed by atoms with Gasteiger partial charge in [0.05, 0.1) is 15.9 Å². The van der Waals surface area contributed by atoms with Gasteiger partial charge in [0.1, 0.15) is 22.9 Å². The van der Waals surface area contributed by atoms with Crippen molar-refractivity contribution in [2.45, 2.75) is 0 Å². The highest BCUT2D eigenvalue weighted by Crippen LogP contribution is 2.30. The zero-order chi connectivity index (χ0) is 21.0. The normalized spacial score (nSPS) is 11.1. The number of phenols is 2. The Bertz CT molecular complexity index is 1110. The fourth-order valence-electron chi connectivity index (χ4n) is 2.59. The molecule has 0 atom stereocenters. The van der Waals surface area contributed by atoms with E-state index in [9.17, 15) is 30.4 Å². The predicted molar refractivity (Wildman–Crippen MR) is 105 cm³/mol. The maximum atomic E-state index is 11.3. The van der Waals surface area contributed by atoms with Crippen LogP contribution < -0.4 is 5.43 Å². The van der Waals surface area contributed by atoms with Gasteiger partial charge in [-0.25, -0.2) is 0 Å². The number of nitro groups is 2. The van der Waals surface area contributed by atoms with E-state index in [1.165, 1.54) is 18.2 Å². The van der Waals surface area contributed by atoms with Crippen molar-refractivity contribution < 1.29 is 20.1 Å². The number of phenolic OH excluding ortho intramolecular Hbond substituents is 2. The summed E-state index contributed by atoms with van der Waals surface area (Å²) in [5, 5.41) is 46.1. The average Bonchev–Trinajstić information content (AvgIpc) is 2.70. The molecule has 0 aromatic heterocycles. The highest BCUT2D eigenvalue weighted by atomic mass is 16.6. The molecule has 29 heavy (non-hydrogen) atoms. The van der Waals surface area contributed by atoms with Crippen molar-refractivity contribution in [1.29, 1.82) is 0 Å². The number of nitrogens with zero attached hydrogens (tertiary/aromatic N) is 3. The van der Waals surface area contributed by atoms with Crippen LogP contribution in [0.3, 0.4) is 0 Å². The number of nitro benzene ring substituents is 2. The first kappa shape index (κ1) is 19.3. The lowest BCUT2D eigenvalue weighted by Crippen LogP contribution is -2.08. The molecule has 0 fully saturated rings. The molecule has 0 spiro atoms. The Morgan fingerprint density at radius 1 is 0.897 bits per heavy atom. The van der Waals surface area contributed by atoms with Crippen LogP contribution in [-0.4, -0.2) is 25.8 Å². The summed E-state index contributed by atoms with van der Waals surface area (Å²) in [6.45, 7) is 0. The molecule has 0 aliphatic heterocycles. The number of hydrazone groups is 1. The molecule has 3 N–H and O–H groups in total. The first-order valence-electron chi connectivity index (χ1n) is 8.21. The minimum absolute atomic E-state index is 0.0627. The van der Waals surface area contributed by atoms with E-state index in [0.717, 1.165) is 18.2 Å². The number of aromatic hydroxyl groups is 2.